The van der Waals surface area contributed by atoms with E-state index in [9.17, 15) is 5.26 Å². The van der Waals surface area contributed by atoms with Crippen LogP contribution in [-0.4, -0.2) is 18.7 Å². The van der Waals surface area contributed by atoms with Gasteiger partial charge in [-0.1, -0.05) is 30.3 Å². The Balaban J connectivity index is 1.98. The molecule has 0 saturated carbocycles. The predicted molar refractivity (Wildman–Crippen MR) is 100 cm³/mol. The number of rotatable bonds is 4. The molecule has 3 aromatic rings. The van der Waals surface area contributed by atoms with Gasteiger partial charge in [0.05, 0.1) is 11.6 Å². The number of hydrogen-bond acceptors (Lipinski definition) is 2. The van der Waals surface area contributed by atoms with E-state index in [0.29, 0.717) is 5.57 Å². The molecule has 2 aromatic carbocycles. The molecule has 0 radical (unpaired) electrons. The molecule has 1 aromatic heterocycles. The quantitative estimate of drug-likeness (QED) is 0.659. The Hall–Kier alpha value is -3.25. The summed E-state index contributed by atoms with van der Waals surface area (Å²) >= 11 is 0. The number of nitrogens with zero attached hydrogens (tertiary/aromatic N) is 3. The zero-order valence-corrected chi connectivity index (χ0v) is 13.8. The number of allylic oxidation sites excluding steroid dienone is 1. The molecular weight excluding hydrogens is 294 g/mol. The van der Waals surface area contributed by atoms with Crippen molar-refractivity contribution in [2.75, 3.05) is 19.0 Å². The summed E-state index contributed by atoms with van der Waals surface area (Å²) in [6.45, 7) is 0. The van der Waals surface area contributed by atoms with Gasteiger partial charge in [0.1, 0.15) is 0 Å². The Morgan fingerprint density at radius 3 is 2.29 bits per heavy atom. The van der Waals surface area contributed by atoms with Crippen LogP contribution in [-0.2, 0) is 0 Å². The van der Waals surface area contributed by atoms with E-state index in [1.54, 1.807) is 0 Å². The predicted octanol–water partition coefficient (Wildman–Crippen LogP) is 4.61. The van der Waals surface area contributed by atoms with Crippen LogP contribution >= 0.6 is 0 Å². The van der Waals surface area contributed by atoms with E-state index in [2.05, 4.69) is 39.8 Å². The largest absolute Gasteiger partial charge is 0.378 e. The fourth-order valence-electron chi connectivity index (χ4n) is 2.60. The van der Waals surface area contributed by atoms with Crippen molar-refractivity contribution >= 4 is 17.3 Å². The molecule has 0 N–H and O–H groups in total. The molecule has 0 aliphatic heterocycles. The Kier molecular flexibility index (Phi) is 4.49. The number of hydrogen-bond donors (Lipinski definition) is 0. The zero-order chi connectivity index (χ0) is 16.9. The molecule has 0 saturated heterocycles. The van der Waals surface area contributed by atoms with Crippen molar-refractivity contribution in [3.8, 4) is 11.8 Å². The van der Waals surface area contributed by atoms with Gasteiger partial charge in [-0.3, -0.25) is 0 Å². The number of anilines is 1. The summed E-state index contributed by atoms with van der Waals surface area (Å²) in [4.78, 5) is 2.07. The third-order valence-electron chi connectivity index (χ3n) is 3.92. The maximum atomic E-state index is 9.50. The van der Waals surface area contributed by atoms with E-state index in [1.807, 2.05) is 68.8 Å². The third kappa shape index (κ3) is 3.23. The normalized spacial score (nSPS) is 11.1. The third-order valence-corrected chi connectivity index (χ3v) is 3.92. The maximum Gasteiger partial charge on any atom is 0.0998 e. The van der Waals surface area contributed by atoms with Gasteiger partial charge in [0.25, 0.3) is 0 Å². The Bertz CT molecular complexity index is 879. The number of aromatic nitrogens is 1. The van der Waals surface area contributed by atoms with E-state index in [0.717, 1.165) is 22.6 Å². The van der Waals surface area contributed by atoms with Gasteiger partial charge in [0, 0.05) is 37.4 Å². The molecule has 0 atom stereocenters. The highest BCUT2D eigenvalue weighted by Crippen LogP contribution is 2.22. The van der Waals surface area contributed by atoms with E-state index in [4.69, 9.17) is 0 Å². The van der Waals surface area contributed by atoms with Crippen molar-refractivity contribution < 1.29 is 0 Å². The molecular formula is C21H19N3. The molecule has 0 amide bonds. The van der Waals surface area contributed by atoms with Crippen LogP contribution in [0.3, 0.4) is 0 Å². The van der Waals surface area contributed by atoms with Gasteiger partial charge >= 0.3 is 0 Å². The van der Waals surface area contributed by atoms with Gasteiger partial charge in [-0.2, -0.15) is 5.26 Å². The number of nitriles is 1. The van der Waals surface area contributed by atoms with Gasteiger partial charge in [-0.15, -0.1) is 0 Å². The number of benzene rings is 2. The first-order valence-electron chi connectivity index (χ1n) is 7.81. The summed E-state index contributed by atoms with van der Waals surface area (Å²) in [6.07, 6.45) is 3.94. The summed E-state index contributed by atoms with van der Waals surface area (Å²) < 4.78 is 2.08. The van der Waals surface area contributed by atoms with Crippen LogP contribution in [0.5, 0.6) is 0 Å². The van der Waals surface area contributed by atoms with Gasteiger partial charge in [-0.05, 0) is 48.0 Å². The van der Waals surface area contributed by atoms with Crippen LogP contribution in [0.4, 0.5) is 5.69 Å². The van der Waals surface area contributed by atoms with Crippen LogP contribution in [0.1, 0.15) is 11.3 Å². The highest BCUT2D eigenvalue weighted by molar-refractivity contribution is 5.89. The van der Waals surface area contributed by atoms with Crippen molar-refractivity contribution in [2.24, 2.45) is 0 Å². The van der Waals surface area contributed by atoms with E-state index in [1.165, 1.54) is 0 Å². The Morgan fingerprint density at radius 1 is 0.958 bits per heavy atom. The van der Waals surface area contributed by atoms with Crippen molar-refractivity contribution in [3.63, 3.8) is 0 Å². The topological polar surface area (TPSA) is 32.0 Å². The van der Waals surface area contributed by atoms with Crippen molar-refractivity contribution in [3.05, 3.63) is 84.2 Å². The SMILES string of the molecule is CN(C)c1ccc(-n2cccc2C=C(C#N)c2ccccc2)cc1. The van der Waals surface area contributed by atoms with Crippen LogP contribution in [0.25, 0.3) is 17.3 Å². The summed E-state index contributed by atoms with van der Waals surface area (Å²) in [5, 5.41) is 9.50. The van der Waals surface area contributed by atoms with Crippen LogP contribution in [0.15, 0.2) is 72.9 Å². The average Bonchev–Trinajstić information content (AvgIpc) is 3.08. The van der Waals surface area contributed by atoms with Gasteiger partial charge in [0.15, 0.2) is 0 Å². The molecule has 0 fully saturated rings. The first kappa shape index (κ1) is 15.6. The molecule has 118 valence electrons. The summed E-state index contributed by atoms with van der Waals surface area (Å²) in [7, 11) is 4.05. The van der Waals surface area contributed by atoms with Crippen LogP contribution in [0.2, 0.25) is 0 Å². The van der Waals surface area contributed by atoms with Crippen molar-refractivity contribution in [2.45, 2.75) is 0 Å². The lowest BCUT2D eigenvalue weighted by molar-refractivity contribution is 1.06. The zero-order valence-electron chi connectivity index (χ0n) is 13.8. The second-order valence-corrected chi connectivity index (χ2v) is 5.75. The van der Waals surface area contributed by atoms with E-state index >= 15 is 0 Å². The lowest BCUT2D eigenvalue weighted by Gasteiger charge is -2.14. The summed E-state index contributed by atoms with van der Waals surface area (Å²) in [6, 6.07) is 24.4. The molecule has 1 heterocycles. The first-order valence-corrected chi connectivity index (χ1v) is 7.81. The van der Waals surface area contributed by atoms with Crippen molar-refractivity contribution in [1.29, 1.82) is 5.26 Å². The average molecular weight is 313 g/mol. The van der Waals surface area contributed by atoms with Gasteiger partial charge in [-0.25, -0.2) is 0 Å². The smallest absolute Gasteiger partial charge is 0.0998 e. The van der Waals surface area contributed by atoms with Crippen molar-refractivity contribution in [1.82, 2.24) is 4.57 Å². The standard InChI is InChI=1S/C21H19N3/c1-23(2)19-10-12-20(13-11-19)24-14-6-9-21(24)15-18(16-22)17-7-4-3-5-8-17/h3-15H,1-2H3. The molecule has 24 heavy (non-hydrogen) atoms. The fraction of sp³-hybridized carbons (Fsp3) is 0.0952. The second kappa shape index (κ2) is 6.89. The minimum atomic E-state index is 0.653. The molecule has 3 heteroatoms. The van der Waals surface area contributed by atoms with Gasteiger partial charge in [0.2, 0.25) is 0 Å². The van der Waals surface area contributed by atoms with E-state index in [-0.39, 0.29) is 0 Å². The van der Waals surface area contributed by atoms with Crippen LogP contribution in [0, 0.1) is 11.3 Å². The molecule has 0 aliphatic rings. The molecule has 0 aliphatic carbocycles. The molecule has 0 spiro atoms. The lowest BCUT2D eigenvalue weighted by atomic mass is 10.1. The Labute approximate surface area is 142 Å². The fourth-order valence-corrected chi connectivity index (χ4v) is 2.60. The highest BCUT2D eigenvalue weighted by atomic mass is 15.1. The monoisotopic (exact) mass is 313 g/mol. The molecule has 3 nitrogen and oxygen atoms in total. The molecule has 0 unspecified atom stereocenters. The highest BCUT2D eigenvalue weighted by Gasteiger charge is 2.05. The first-order chi connectivity index (χ1) is 11.7. The lowest BCUT2D eigenvalue weighted by Crippen LogP contribution is -2.08. The van der Waals surface area contributed by atoms with E-state index < -0.39 is 0 Å². The Morgan fingerprint density at radius 2 is 1.67 bits per heavy atom. The molecule has 0 bridgehead atoms. The molecule has 3 rings (SSSR count). The summed E-state index contributed by atoms with van der Waals surface area (Å²) in [5.74, 6) is 0. The maximum absolute atomic E-state index is 9.50. The minimum Gasteiger partial charge on any atom is -0.378 e. The minimum absolute atomic E-state index is 0.653. The van der Waals surface area contributed by atoms with Gasteiger partial charge < -0.3 is 9.47 Å². The summed E-state index contributed by atoms with van der Waals surface area (Å²) in [5.41, 5.74) is 4.79. The van der Waals surface area contributed by atoms with Crippen LogP contribution < -0.4 is 4.90 Å². The second-order valence-electron chi connectivity index (χ2n) is 5.75.